The van der Waals surface area contributed by atoms with Gasteiger partial charge in [0.25, 0.3) is 11.8 Å². The molecule has 0 spiro atoms. The maximum absolute atomic E-state index is 12.6. The summed E-state index contributed by atoms with van der Waals surface area (Å²) in [5.41, 5.74) is 2.19. The summed E-state index contributed by atoms with van der Waals surface area (Å²) in [7, 11) is 0. The number of hydrogen-bond donors (Lipinski definition) is 1. The first-order valence-corrected chi connectivity index (χ1v) is 11.1. The molecule has 2 aromatic carbocycles. The largest absolute Gasteiger partial charge is 0.353 e. The van der Waals surface area contributed by atoms with Crippen LogP contribution in [0.4, 0.5) is 0 Å². The zero-order chi connectivity index (χ0) is 21.4. The fourth-order valence-corrected chi connectivity index (χ4v) is 5.40. The Labute approximate surface area is 182 Å². The van der Waals surface area contributed by atoms with E-state index in [-0.39, 0.29) is 36.7 Å². The SMILES string of the molecule is O=C(CCN1C(=O)c2ccccc2C1=O)NC1CC2CCC(C1)N2Cc1ccccc1. The molecule has 0 aliphatic carbocycles. The van der Waals surface area contributed by atoms with Gasteiger partial charge in [0, 0.05) is 37.6 Å². The lowest BCUT2D eigenvalue weighted by Gasteiger charge is -2.39. The lowest BCUT2D eigenvalue weighted by Crippen LogP contribution is -2.50. The standard InChI is InChI=1S/C25H27N3O3/c29-23(12-13-27-24(30)21-8-4-5-9-22(21)25(27)31)26-18-14-19-10-11-20(15-18)28(19)16-17-6-2-1-3-7-17/h1-9,18-20H,10-16H2,(H,26,29). The number of fused-ring (bicyclic) bond motifs is 3. The second-order valence-electron chi connectivity index (χ2n) is 8.84. The van der Waals surface area contributed by atoms with Gasteiger partial charge in [-0.2, -0.15) is 0 Å². The van der Waals surface area contributed by atoms with Gasteiger partial charge in [0.2, 0.25) is 5.91 Å². The van der Waals surface area contributed by atoms with E-state index in [1.54, 1.807) is 24.3 Å². The molecule has 3 amide bonds. The summed E-state index contributed by atoms with van der Waals surface area (Å²) >= 11 is 0. The van der Waals surface area contributed by atoms with Crippen molar-refractivity contribution in [2.75, 3.05) is 6.54 Å². The van der Waals surface area contributed by atoms with E-state index in [1.807, 2.05) is 6.07 Å². The zero-order valence-electron chi connectivity index (χ0n) is 17.5. The van der Waals surface area contributed by atoms with Gasteiger partial charge in [-0.1, -0.05) is 42.5 Å². The molecule has 5 rings (SSSR count). The van der Waals surface area contributed by atoms with Crippen molar-refractivity contribution in [1.82, 2.24) is 15.1 Å². The third-order valence-electron chi connectivity index (χ3n) is 6.90. The summed E-state index contributed by atoms with van der Waals surface area (Å²) in [6.07, 6.45) is 4.42. The molecule has 0 saturated carbocycles. The van der Waals surface area contributed by atoms with Crippen LogP contribution >= 0.6 is 0 Å². The molecule has 160 valence electrons. The zero-order valence-corrected chi connectivity index (χ0v) is 17.5. The summed E-state index contributed by atoms with van der Waals surface area (Å²) in [5, 5.41) is 3.16. The van der Waals surface area contributed by atoms with Crippen LogP contribution in [0.2, 0.25) is 0 Å². The van der Waals surface area contributed by atoms with Crippen molar-refractivity contribution in [2.24, 2.45) is 0 Å². The van der Waals surface area contributed by atoms with Gasteiger partial charge in [0.15, 0.2) is 0 Å². The number of rotatable bonds is 6. The van der Waals surface area contributed by atoms with Crippen LogP contribution in [0.5, 0.6) is 0 Å². The van der Waals surface area contributed by atoms with Gasteiger partial charge in [-0.25, -0.2) is 0 Å². The molecule has 1 N–H and O–H groups in total. The van der Waals surface area contributed by atoms with E-state index in [4.69, 9.17) is 0 Å². The minimum atomic E-state index is -0.305. The molecule has 6 nitrogen and oxygen atoms in total. The van der Waals surface area contributed by atoms with Gasteiger partial charge < -0.3 is 5.32 Å². The number of amides is 3. The molecule has 0 aromatic heterocycles. The van der Waals surface area contributed by atoms with E-state index >= 15 is 0 Å². The number of imide groups is 1. The smallest absolute Gasteiger partial charge is 0.261 e. The Morgan fingerprint density at radius 3 is 2.06 bits per heavy atom. The van der Waals surface area contributed by atoms with Crippen LogP contribution in [0, 0.1) is 0 Å². The second kappa shape index (κ2) is 8.27. The summed E-state index contributed by atoms with van der Waals surface area (Å²) in [5.74, 6) is -0.696. The maximum atomic E-state index is 12.6. The quantitative estimate of drug-likeness (QED) is 0.734. The Morgan fingerprint density at radius 1 is 0.871 bits per heavy atom. The second-order valence-corrected chi connectivity index (χ2v) is 8.84. The molecule has 3 heterocycles. The summed E-state index contributed by atoms with van der Waals surface area (Å²) in [6, 6.07) is 18.5. The predicted molar refractivity (Wildman–Crippen MR) is 116 cm³/mol. The fourth-order valence-electron chi connectivity index (χ4n) is 5.40. The normalized spacial score (nSPS) is 25.0. The van der Waals surface area contributed by atoms with E-state index < -0.39 is 0 Å². The molecule has 2 bridgehead atoms. The van der Waals surface area contributed by atoms with Crippen LogP contribution < -0.4 is 5.32 Å². The third-order valence-corrected chi connectivity index (χ3v) is 6.90. The Hall–Kier alpha value is -2.99. The van der Waals surface area contributed by atoms with Crippen LogP contribution in [0.15, 0.2) is 54.6 Å². The summed E-state index contributed by atoms with van der Waals surface area (Å²) < 4.78 is 0. The first kappa shape index (κ1) is 19.9. The van der Waals surface area contributed by atoms with Crippen molar-refractivity contribution in [3.63, 3.8) is 0 Å². The van der Waals surface area contributed by atoms with Crippen LogP contribution in [0.25, 0.3) is 0 Å². The predicted octanol–water partition coefficient (Wildman–Crippen LogP) is 2.98. The lowest BCUT2D eigenvalue weighted by atomic mass is 9.96. The van der Waals surface area contributed by atoms with Crippen molar-refractivity contribution >= 4 is 17.7 Å². The molecule has 6 heteroatoms. The topological polar surface area (TPSA) is 69.7 Å². The average molecular weight is 418 g/mol. The minimum Gasteiger partial charge on any atom is -0.353 e. The fraction of sp³-hybridized carbons (Fsp3) is 0.400. The number of benzene rings is 2. The number of hydrogen-bond acceptors (Lipinski definition) is 4. The van der Waals surface area contributed by atoms with Crippen LogP contribution in [-0.4, -0.2) is 52.2 Å². The summed E-state index contributed by atoms with van der Waals surface area (Å²) in [4.78, 5) is 41.3. The monoisotopic (exact) mass is 417 g/mol. The highest BCUT2D eigenvalue weighted by Crippen LogP contribution is 2.36. The lowest BCUT2D eigenvalue weighted by molar-refractivity contribution is -0.122. The van der Waals surface area contributed by atoms with Crippen molar-refractivity contribution in [3.8, 4) is 0 Å². The minimum absolute atomic E-state index is 0.0857. The average Bonchev–Trinajstić information content (AvgIpc) is 3.15. The molecule has 2 unspecified atom stereocenters. The van der Waals surface area contributed by atoms with Gasteiger partial charge >= 0.3 is 0 Å². The van der Waals surface area contributed by atoms with Gasteiger partial charge in [-0.3, -0.25) is 24.2 Å². The Bertz CT molecular complexity index is 957. The number of piperidine rings is 1. The van der Waals surface area contributed by atoms with Gasteiger partial charge in [0.1, 0.15) is 0 Å². The van der Waals surface area contributed by atoms with E-state index in [2.05, 4.69) is 34.5 Å². The first-order valence-electron chi connectivity index (χ1n) is 11.1. The molecule has 2 saturated heterocycles. The van der Waals surface area contributed by atoms with E-state index in [1.165, 1.54) is 23.3 Å². The Balaban J connectivity index is 1.13. The van der Waals surface area contributed by atoms with E-state index in [0.717, 1.165) is 19.4 Å². The number of nitrogens with zero attached hydrogens (tertiary/aromatic N) is 2. The van der Waals surface area contributed by atoms with Gasteiger partial charge in [0.05, 0.1) is 11.1 Å². The van der Waals surface area contributed by atoms with Crippen LogP contribution in [-0.2, 0) is 11.3 Å². The van der Waals surface area contributed by atoms with Crippen molar-refractivity contribution in [3.05, 3.63) is 71.3 Å². The first-order chi connectivity index (χ1) is 15.1. The van der Waals surface area contributed by atoms with Crippen molar-refractivity contribution in [2.45, 2.75) is 56.8 Å². The highest BCUT2D eigenvalue weighted by Gasteiger charge is 2.41. The summed E-state index contributed by atoms with van der Waals surface area (Å²) in [6.45, 7) is 1.09. The number of carbonyl (C=O) groups is 3. The molecular weight excluding hydrogens is 390 g/mol. The van der Waals surface area contributed by atoms with Crippen LogP contribution in [0.1, 0.15) is 58.4 Å². The highest BCUT2D eigenvalue weighted by molar-refractivity contribution is 6.21. The molecule has 31 heavy (non-hydrogen) atoms. The molecule has 2 atom stereocenters. The molecule has 2 aromatic rings. The van der Waals surface area contributed by atoms with Crippen LogP contribution in [0.3, 0.4) is 0 Å². The van der Waals surface area contributed by atoms with E-state index in [0.29, 0.717) is 23.2 Å². The Morgan fingerprint density at radius 2 is 1.45 bits per heavy atom. The Kier molecular flexibility index (Phi) is 5.32. The maximum Gasteiger partial charge on any atom is 0.261 e. The molecule has 0 radical (unpaired) electrons. The number of carbonyl (C=O) groups excluding carboxylic acids is 3. The van der Waals surface area contributed by atoms with Crippen molar-refractivity contribution < 1.29 is 14.4 Å². The molecular formula is C25H27N3O3. The molecule has 3 aliphatic rings. The van der Waals surface area contributed by atoms with Gasteiger partial charge in [-0.15, -0.1) is 0 Å². The van der Waals surface area contributed by atoms with E-state index in [9.17, 15) is 14.4 Å². The number of nitrogens with one attached hydrogen (secondary N) is 1. The van der Waals surface area contributed by atoms with Gasteiger partial charge in [-0.05, 0) is 43.4 Å². The molecule has 3 aliphatic heterocycles. The third kappa shape index (κ3) is 3.88. The highest BCUT2D eigenvalue weighted by atomic mass is 16.2. The van der Waals surface area contributed by atoms with Crippen molar-refractivity contribution in [1.29, 1.82) is 0 Å². The molecule has 2 fully saturated rings.